The summed E-state index contributed by atoms with van der Waals surface area (Å²) < 4.78 is 43.5. The number of benzene rings is 2. The van der Waals surface area contributed by atoms with E-state index in [-0.39, 0.29) is 29.7 Å². The number of rotatable bonds is 6. The monoisotopic (exact) mass is 571 g/mol. The lowest BCUT2D eigenvalue weighted by Gasteiger charge is -2.43. The number of aryl methyl sites for hydroxylation is 2. The number of aliphatic carboxylic acids is 1. The Hall–Kier alpha value is -2.91. The molecule has 3 aliphatic rings. The van der Waals surface area contributed by atoms with Gasteiger partial charge in [0.25, 0.3) is 0 Å². The first kappa shape index (κ1) is 29.6. The zero-order valence-corrected chi connectivity index (χ0v) is 24.3. The Kier molecular flexibility index (Phi) is 8.23. The average Bonchev–Trinajstić information content (AvgIpc) is 3.53. The molecule has 222 valence electrons. The fourth-order valence-electron chi connectivity index (χ4n) is 6.91. The van der Waals surface area contributed by atoms with Crippen LogP contribution in [-0.4, -0.2) is 82.0 Å². The summed E-state index contributed by atoms with van der Waals surface area (Å²) in [5.74, 6) is -3.72. The van der Waals surface area contributed by atoms with Crippen molar-refractivity contribution in [3.8, 4) is 0 Å². The van der Waals surface area contributed by atoms with E-state index in [1.165, 1.54) is 12.1 Å². The van der Waals surface area contributed by atoms with Crippen molar-refractivity contribution in [1.29, 1.82) is 0 Å². The number of nitrogens with zero attached hydrogens (tertiary/aromatic N) is 3. The molecule has 2 fully saturated rings. The maximum atomic E-state index is 14.9. The van der Waals surface area contributed by atoms with Crippen molar-refractivity contribution in [2.24, 2.45) is 5.92 Å². The van der Waals surface area contributed by atoms with Crippen LogP contribution in [0.2, 0.25) is 0 Å². The number of fused-ring (bicyclic) bond motifs is 1. The second-order valence-corrected chi connectivity index (χ2v) is 13.0. The van der Waals surface area contributed by atoms with Gasteiger partial charge in [-0.25, -0.2) is 13.2 Å². The van der Waals surface area contributed by atoms with E-state index < -0.39 is 35.5 Å². The number of piperazine rings is 1. The van der Waals surface area contributed by atoms with Gasteiger partial charge in [0, 0.05) is 62.7 Å². The lowest BCUT2D eigenvalue weighted by atomic mass is 9.87. The van der Waals surface area contributed by atoms with Crippen molar-refractivity contribution in [1.82, 2.24) is 14.7 Å². The highest BCUT2D eigenvalue weighted by Crippen LogP contribution is 2.39. The Morgan fingerprint density at radius 3 is 2.32 bits per heavy atom. The second-order valence-electron chi connectivity index (χ2n) is 13.0. The SMILES string of the molecule is C[C@H]1CN([C@@H](Cc2cc3c(cc2F)CCC3)C(=O)O)CCN1C(=O)[C@@H]1CN(C(C)(C)C)C[C@H]1c1ccc(F)cc1F. The lowest BCUT2D eigenvalue weighted by molar-refractivity contribution is -0.147. The van der Waals surface area contributed by atoms with Crippen molar-refractivity contribution < 1.29 is 27.9 Å². The van der Waals surface area contributed by atoms with Crippen LogP contribution < -0.4 is 0 Å². The first-order chi connectivity index (χ1) is 19.3. The normalized spacial score (nSPS) is 24.5. The molecule has 2 aliphatic heterocycles. The molecule has 2 aromatic carbocycles. The summed E-state index contributed by atoms with van der Waals surface area (Å²) in [6.45, 7) is 9.96. The number of hydrogen-bond donors (Lipinski definition) is 1. The summed E-state index contributed by atoms with van der Waals surface area (Å²) in [5.41, 5.74) is 2.62. The summed E-state index contributed by atoms with van der Waals surface area (Å²) in [7, 11) is 0. The van der Waals surface area contributed by atoms with E-state index >= 15 is 0 Å². The Labute approximate surface area is 240 Å². The Bertz CT molecular complexity index is 1330. The molecule has 41 heavy (non-hydrogen) atoms. The van der Waals surface area contributed by atoms with E-state index in [0.29, 0.717) is 43.9 Å². The molecule has 2 heterocycles. The molecule has 5 rings (SSSR count). The van der Waals surface area contributed by atoms with Gasteiger partial charge in [-0.1, -0.05) is 12.1 Å². The van der Waals surface area contributed by atoms with Crippen molar-refractivity contribution in [2.75, 3.05) is 32.7 Å². The highest BCUT2D eigenvalue weighted by molar-refractivity contribution is 5.81. The van der Waals surface area contributed by atoms with Gasteiger partial charge in [0.15, 0.2) is 0 Å². The lowest BCUT2D eigenvalue weighted by Crippen LogP contribution is -2.59. The van der Waals surface area contributed by atoms with Crippen molar-refractivity contribution in [2.45, 2.75) is 76.9 Å². The number of amides is 1. The molecule has 1 amide bonds. The van der Waals surface area contributed by atoms with Gasteiger partial charge in [-0.2, -0.15) is 0 Å². The second kappa shape index (κ2) is 11.4. The van der Waals surface area contributed by atoms with Crippen LogP contribution in [0.15, 0.2) is 30.3 Å². The van der Waals surface area contributed by atoms with Gasteiger partial charge in [-0.3, -0.25) is 19.4 Å². The molecule has 2 aromatic rings. The largest absolute Gasteiger partial charge is 0.480 e. The summed E-state index contributed by atoms with van der Waals surface area (Å²) in [6.07, 6.45) is 2.78. The van der Waals surface area contributed by atoms with Crippen LogP contribution in [0.4, 0.5) is 13.2 Å². The summed E-state index contributed by atoms with van der Waals surface area (Å²) in [4.78, 5) is 32.1. The van der Waals surface area contributed by atoms with Crippen molar-refractivity contribution >= 4 is 11.9 Å². The smallest absolute Gasteiger partial charge is 0.321 e. The van der Waals surface area contributed by atoms with Crippen LogP contribution in [0.1, 0.15) is 62.3 Å². The fourth-order valence-corrected chi connectivity index (χ4v) is 6.91. The van der Waals surface area contributed by atoms with E-state index in [2.05, 4.69) is 25.7 Å². The zero-order valence-electron chi connectivity index (χ0n) is 24.3. The van der Waals surface area contributed by atoms with Crippen LogP contribution in [0.5, 0.6) is 0 Å². The average molecular weight is 572 g/mol. The molecule has 4 atom stereocenters. The Morgan fingerprint density at radius 2 is 1.68 bits per heavy atom. The predicted molar refractivity (Wildman–Crippen MR) is 150 cm³/mol. The molecule has 2 saturated heterocycles. The highest BCUT2D eigenvalue weighted by Gasteiger charge is 2.46. The number of carboxylic acids is 1. The highest BCUT2D eigenvalue weighted by atomic mass is 19.1. The number of halogens is 3. The minimum absolute atomic E-state index is 0.0597. The first-order valence-corrected chi connectivity index (χ1v) is 14.6. The van der Waals surface area contributed by atoms with Gasteiger partial charge >= 0.3 is 5.97 Å². The third-order valence-corrected chi connectivity index (χ3v) is 9.29. The standard InChI is InChI=1S/C32H40F3N3O3/c1-19-16-36(29(31(40)41)14-22-12-20-6-5-7-21(20)13-27(22)34)10-11-38(19)30(39)26-18-37(32(2,3)4)17-25(26)24-9-8-23(33)15-28(24)35/h8-9,12-13,15,19,25-26,29H,5-7,10-11,14,16-18H2,1-4H3,(H,40,41)/t19-,25-,26+,29-/m0/s1. The summed E-state index contributed by atoms with van der Waals surface area (Å²) in [6, 6.07) is 5.73. The fraction of sp³-hybridized carbons (Fsp3) is 0.562. The predicted octanol–water partition coefficient (Wildman–Crippen LogP) is 4.64. The van der Waals surface area contributed by atoms with Crippen molar-refractivity contribution in [3.05, 3.63) is 70.0 Å². The summed E-state index contributed by atoms with van der Waals surface area (Å²) in [5, 5.41) is 10.1. The minimum atomic E-state index is -1.01. The Morgan fingerprint density at radius 1 is 0.976 bits per heavy atom. The molecule has 9 heteroatoms. The Balaban J connectivity index is 1.32. The van der Waals surface area contributed by atoms with E-state index in [9.17, 15) is 27.9 Å². The van der Waals surface area contributed by atoms with Gasteiger partial charge in [0.1, 0.15) is 23.5 Å². The number of hydrogen-bond acceptors (Lipinski definition) is 4. The minimum Gasteiger partial charge on any atom is -0.480 e. The van der Waals surface area contributed by atoms with Crippen LogP contribution in [0, 0.1) is 23.4 Å². The van der Waals surface area contributed by atoms with Gasteiger partial charge < -0.3 is 10.0 Å². The van der Waals surface area contributed by atoms with Crippen LogP contribution in [-0.2, 0) is 28.9 Å². The zero-order chi connectivity index (χ0) is 29.6. The molecule has 0 radical (unpaired) electrons. The molecule has 6 nitrogen and oxygen atoms in total. The third-order valence-electron chi connectivity index (χ3n) is 9.29. The molecule has 0 bridgehead atoms. The summed E-state index contributed by atoms with van der Waals surface area (Å²) >= 11 is 0. The van der Waals surface area contributed by atoms with Gasteiger partial charge in [0.2, 0.25) is 5.91 Å². The maximum Gasteiger partial charge on any atom is 0.321 e. The van der Waals surface area contributed by atoms with Gasteiger partial charge in [0.05, 0.1) is 5.92 Å². The van der Waals surface area contributed by atoms with E-state index in [4.69, 9.17) is 0 Å². The maximum absolute atomic E-state index is 14.9. The number of carbonyl (C=O) groups is 2. The van der Waals surface area contributed by atoms with Crippen LogP contribution in [0.3, 0.4) is 0 Å². The van der Waals surface area contributed by atoms with E-state index in [1.807, 2.05) is 17.9 Å². The third kappa shape index (κ3) is 6.02. The molecule has 0 saturated carbocycles. The van der Waals surface area contributed by atoms with E-state index in [0.717, 1.165) is 36.5 Å². The molecular weight excluding hydrogens is 531 g/mol. The van der Waals surface area contributed by atoms with Crippen LogP contribution >= 0.6 is 0 Å². The molecular formula is C32H40F3N3O3. The number of carbonyl (C=O) groups excluding carboxylic acids is 1. The van der Waals surface area contributed by atoms with Gasteiger partial charge in [-0.05, 0) is 81.3 Å². The van der Waals surface area contributed by atoms with Crippen LogP contribution in [0.25, 0.3) is 0 Å². The number of carboxylic acid groups (broad SMARTS) is 1. The first-order valence-electron chi connectivity index (χ1n) is 14.6. The molecule has 0 unspecified atom stereocenters. The quantitative estimate of drug-likeness (QED) is 0.548. The molecule has 0 spiro atoms. The van der Waals surface area contributed by atoms with Crippen molar-refractivity contribution in [3.63, 3.8) is 0 Å². The van der Waals surface area contributed by atoms with Gasteiger partial charge in [-0.15, -0.1) is 0 Å². The molecule has 1 aliphatic carbocycles. The molecule has 1 N–H and O–H groups in total. The topological polar surface area (TPSA) is 64.1 Å². The van der Waals surface area contributed by atoms with E-state index in [1.54, 1.807) is 11.0 Å². The molecule has 0 aromatic heterocycles. The number of likely N-dealkylation sites (tertiary alicyclic amines) is 1.